The van der Waals surface area contributed by atoms with Crippen molar-refractivity contribution in [2.24, 2.45) is 0 Å². The molecule has 14 heteroatoms. The van der Waals surface area contributed by atoms with E-state index in [1.807, 2.05) is 0 Å². The third-order valence-electron chi connectivity index (χ3n) is 5.90. The summed E-state index contributed by atoms with van der Waals surface area (Å²) >= 11 is 1.29. The van der Waals surface area contributed by atoms with Crippen LogP contribution in [-0.2, 0) is 21.3 Å². The van der Waals surface area contributed by atoms with Crippen LogP contribution in [0, 0.1) is 6.92 Å². The van der Waals surface area contributed by atoms with E-state index in [1.54, 1.807) is 19.2 Å². The molecule has 0 aliphatic carbocycles. The quantitative estimate of drug-likeness (QED) is 0.396. The lowest BCUT2D eigenvalue weighted by molar-refractivity contribution is -0.141. The fraction of sp³-hybridized carbons (Fsp3) is 0.375. The molecule has 1 saturated heterocycles. The molecule has 1 atom stereocenters. The van der Waals surface area contributed by atoms with Gasteiger partial charge in [0.2, 0.25) is 11.9 Å². The third kappa shape index (κ3) is 5.92. The van der Waals surface area contributed by atoms with Gasteiger partial charge in [0.25, 0.3) is 0 Å². The van der Waals surface area contributed by atoms with E-state index in [2.05, 4.69) is 20.3 Å². The van der Waals surface area contributed by atoms with E-state index in [9.17, 15) is 33.0 Å². The smallest absolute Gasteiger partial charge is 0.433 e. The summed E-state index contributed by atoms with van der Waals surface area (Å²) in [6.07, 6.45) is -2.85. The maximum Gasteiger partial charge on any atom is 0.433 e. The van der Waals surface area contributed by atoms with E-state index in [0.717, 1.165) is 6.20 Å². The molecule has 0 bridgehead atoms. The number of benzene rings is 1. The molecule has 38 heavy (non-hydrogen) atoms. The minimum Gasteiger partial charge on any atom is -0.464 e. The van der Waals surface area contributed by atoms with Crippen molar-refractivity contribution in [3.63, 3.8) is 0 Å². The zero-order valence-electron chi connectivity index (χ0n) is 20.2. The van der Waals surface area contributed by atoms with Crippen LogP contribution in [0.15, 0.2) is 36.7 Å². The molecule has 2 amide bonds. The van der Waals surface area contributed by atoms with Crippen LogP contribution in [0.1, 0.15) is 35.5 Å². The normalized spacial score (nSPS) is 18.1. The number of aryl methyl sites for hydroxylation is 1. The standard InChI is InChI=1S/C24H24F3N5O5S/c1-14-10-15(12-16(11-14)32(22(35)36)21-29-6-3-18(31-21)24(25,26)27)17-13-30-20(38-17)23(37-9-8-33)4-2-19(34)28-7-5-23/h3,6,10-13,33H,2,4-5,7-9H2,1H3,(H,28,34)(H,35,36). The number of thiazole rings is 1. The number of alkyl halides is 3. The summed E-state index contributed by atoms with van der Waals surface area (Å²) in [5.74, 6) is -0.744. The van der Waals surface area contributed by atoms with Gasteiger partial charge in [0, 0.05) is 31.8 Å². The maximum absolute atomic E-state index is 13.2. The van der Waals surface area contributed by atoms with E-state index in [-0.39, 0.29) is 31.2 Å². The Morgan fingerprint density at radius 3 is 2.76 bits per heavy atom. The van der Waals surface area contributed by atoms with Crippen LogP contribution >= 0.6 is 11.3 Å². The second-order valence-corrected chi connectivity index (χ2v) is 9.64. The second kappa shape index (κ2) is 11.0. The van der Waals surface area contributed by atoms with Crippen molar-refractivity contribution < 1.29 is 37.7 Å². The van der Waals surface area contributed by atoms with Crippen molar-refractivity contribution in [3.05, 3.63) is 52.9 Å². The van der Waals surface area contributed by atoms with Gasteiger partial charge in [-0.3, -0.25) is 4.79 Å². The van der Waals surface area contributed by atoms with Gasteiger partial charge >= 0.3 is 12.3 Å². The van der Waals surface area contributed by atoms with Crippen LogP contribution in [0.25, 0.3) is 10.4 Å². The van der Waals surface area contributed by atoms with Gasteiger partial charge in [0.1, 0.15) is 16.3 Å². The van der Waals surface area contributed by atoms with Gasteiger partial charge in [-0.1, -0.05) is 6.07 Å². The van der Waals surface area contributed by atoms with E-state index >= 15 is 0 Å². The number of ether oxygens (including phenoxy) is 1. The topological polar surface area (TPSA) is 138 Å². The molecule has 2 aromatic heterocycles. The highest BCUT2D eigenvalue weighted by Crippen LogP contribution is 2.41. The molecule has 3 aromatic rings. The molecule has 10 nitrogen and oxygen atoms in total. The average molecular weight is 552 g/mol. The minimum atomic E-state index is -4.77. The Labute approximate surface area is 219 Å². The highest BCUT2D eigenvalue weighted by atomic mass is 32.1. The number of nitrogens with one attached hydrogen (secondary N) is 1. The molecule has 0 radical (unpaired) electrons. The first-order valence-electron chi connectivity index (χ1n) is 11.6. The van der Waals surface area contributed by atoms with Crippen LogP contribution in [-0.4, -0.2) is 56.9 Å². The predicted molar refractivity (Wildman–Crippen MR) is 131 cm³/mol. The number of anilines is 2. The number of carbonyl (C=O) groups excluding carboxylic acids is 1. The Balaban J connectivity index is 1.73. The van der Waals surface area contributed by atoms with E-state index in [4.69, 9.17) is 4.74 Å². The zero-order chi connectivity index (χ0) is 27.5. The molecular formula is C24H24F3N5O5S. The average Bonchev–Trinajstić information content (AvgIpc) is 3.28. The minimum absolute atomic E-state index is 0.0530. The number of carboxylic acid groups (broad SMARTS) is 1. The first-order valence-corrected chi connectivity index (χ1v) is 12.4. The van der Waals surface area contributed by atoms with Gasteiger partial charge in [0.15, 0.2) is 0 Å². The maximum atomic E-state index is 13.2. The summed E-state index contributed by atoms with van der Waals surface area (Å²) in [5, 5.41) is 22.6. The molecule has 0 spiro atoms. The monoisotopic (exact) mass is 551 g/mol. The summed E-state index contributed by atoms with van der Waals surface area (Å²) < 4.78 is 45.6. The van der Waals surface area contributed by atoms with Crippen molar-refractivity contribution in [2.75, 3.05) is 24.7 Å². The number of carbonyl (C=O) groups is 2. The molecule has 202 valence electrons. The van der Waals surface area contributed by atoms with Crippen molar-refractivity contribution in [1.82, 2.24) is 20.3 Å². The molecule has 0 saturated carbocycles. The Morgan fingerprint density at radius 2 is 2.05 bits per heavy atom. The summed E-state index contributed by atoms with van der Waals surface area (Å²) in [7, 11) is 0. The van der Waals surface area contributed by atoms with Crippen LogP contribution in [0.2, 0.25) is 0 Å². The van der Waals surface area contributed by atoms with Gasteiger partial charge in [0.05, 0.1) is 23.8 Å². The molecule has 3 heterocycles. The molecule has 1 aliphatic heterocycles. The Hall–Kier alpha value is -3.62. The van der Waals surface area contributed by atoms with Crippen molar-refractivity contribution in [3.8, 4) is 10.4 Å². The first kappa shape index (κ1) is 27.4. The number of hydrogen-bond donors (Lipinski definition) is 3. The summed E-state index contributed by atoms with van der Waals surface area (Å²) in [5.41, 5.74) is -0.893. The highest BCUT2D eigenvalue weighted by molar-refractivity contribution is 7.15. The largest absolute Gasteiger partial charge is 0.464 e. The van der Waals surface area contributed by atoms with E-state index in [0.29, 0.717) is 51.4 Å². The van der Waals surface area contributed by atoms with Crippen molar-refractivity contribution in [2.45, 2.75) is 38.0 Å². The molecule has 1 fully saturated rings. The molecule has 4 rings (SSSR count). The number of aliphatic hydroxyl groups excluding tert-OH is 1. The zero-order valence-corrected chi connectivity index (χ0v) is 21.0. The van der Waals surface area contributed by atoms with Gasteiger partial charge in [-0.15, -0.1) is 11.3 Å². The van der Waals surface area contributed by atoms with Gasteiger partial charge < -0.3 is 20.3 Å². The van der Waals surface area contributed by atoms with Crippen molar-refractivity contribution >= 4 is 35.0 Å². The van der Waals surface area contributed by atoms with Crippen molar-refractivity contribution in [1.29, 1.82) is 0 Å². The fourth-order valence-corrected chi connectivity index (χ4v) is 5.28. The fourth-order valence-electron chi connectivity index (χ4n) is 4.17. The summed E-state index contributed by atoms with van der Waals surface area (Å²) in [6, 6.07) is 5.45. The lowest BCUT2D eigenvalue weighted by atomic mass is 9.95. The molecule has 3 N–H and O–H groups in total. The Kier molecular flexibility index (Phi) is 7.94. The highest BCUT2D eigenvalue weighted by Gasteiger charge is 2.38. The van der Waals surface area contributed by atoms with Gasteiger partial charge in [-0.2, -0.15) is 13.2 Å². The Bertz CT molecular complexity index is 1330. The predicted octanol–water partition coefficient (Wildman–Crippen LogP) is 4.25. The Morgan fingerprint density at radius 1 is 1.26 bits per heavy atom. The summed E-state index contributed by atoms with van der Waals surface area (Å²) in [6.45, 7) is 1.95. The number of hydrogen-bond acceptors (Lipinski definition) is 8. The van der Waals surface area contributed by atoms with Crippen LogP contribution in [0.5, 0.6) is 0 Å². The number of halogens is 3. The van der Waals surface area contributed by atoms with Gasteiger partial charge in [-0.05, 0) is 42.7 Å². The lowest BCUT2D eigenvalue weighted by Gasteiger charge is -2.30. The van der Waals surface area contributed by atoms with Crippen LogP contribution in [0.4, 0.5) is 29.6 Å². The van der Waals surface area contributed by atoms with Crippen LogP contribution in [0.3, 0.4) is 0 Å². The lowest BCUT2D eigenvalue weighted by Crippen LogP contribution is -2.32. The number of nitrogens with zero attached hydrogens (tertiary/aromatic N) is 4. The van der Waals surface area contributed by atoms with Gasteiger partial charge in [-0.25, -0.2) is 24.6 Å². The SMILES string of the molecule is Cc1cc(-c2cnc(C3(OCCO)CCNC(=O)CC3)s2)cc(N(C(=O)O)c2nccc(C(F)(F)F)n2)c1. The second-order valence-electron chi connectivity index (χ2n) is 8.61. The van der Waals surface area contributed by atoms with E-state index < -0.39 is 29.5 Å². The number of aliphatic hydroxyl groups is 1. The number of rotatable bonds is 7. The molecular weight excluding hydrogens is 527 g/mol. The van der Waals surface area contributed by atoms with Crippen LogP contribution < -0.4 is 10.2 Å². The van der Waals surface area contributed by atoms with E-state index in [1.165, 1.54) is 23.5 Å². The number of aromatic nitrogens is 3. The first-order chi connectivity index (χ1) is 18.0. The molecule has 1 unspecified atom stereocenters. The molecule has 1 aliphatic rings. The number of amides is 2. The molecule has 1 aromatic carbocycles. The third-order valence-corrected chi connectivity index (χ3v) is 7.13. The summed E-state index contributed by atoms with van der Waals surface area (Å²) in [4.78, 5) is 37.0.